The smallest absolute Gasteiger partial charge is 0.255 e. The molecule has 0 saturated carbocycles. The molecule has 0 spiro atoms. The number of hydrogen-bond acceptors (Lipinski definition) is 2. The minimum absolute atomic E-state index is 0.225. The molecule has 1 aliphatic rings. The number of amides is 1. The van der Waals surface area contributed by atoms with Crippen molar-refractivity contribution in [3.63, 3.8) is 0 Å². The van der Waals surface area contributed by atoms with E-state index in [0.29, 0.717) is 18.0 Å². The number of piperidine rings is 1. The molecule has 1 atom stereocenters. The van der Waals surface area contributed by atoms with Crippen LogP contribution in [0.15, 0.2) is 18.2 Å². The third-order valence-corrected chi connectivity index (χ3v) is 3.11. The minimum atomic E-state index is -0.868. The maximum Gasteiger partial charge on any atom is 0.255 e. The summed E-state index contributed by atoms with van der Waals surface area (Å²) in [5.41, 5.74) is 1.79. The number of anilines is 1. The van der Waals surface area contributed by atoms with Gasteiger partial charge in [-0.3, -0.25) is 4.79 Å². The van der Waals surface area contributed by atoms with Crippen LogP contribution >= 0.6 is 11.6 Å². The van der Waals surface area contributed by atoms with Crippen molar-refractivity contribution in [3.05, 3.63) is 28.8 Å². The molecule has 1 saturated heterocycles. The quantitative estimate of drug-likeness (QED) is 0.816. The topological polar surface area (TPSA) is 40.5 Å². The second-order valence-electron chi connectivity index (χ2n) is 4.08. The second kappa shape index (κ2) is 4.44. The van der Waals surface area contributed by atoms with E-state index >= 15 is 0 Å². The van der Waals surface area contributed by atoms with E-state index in [-0.39, 0.29) is 5.91 Å². The lowest BCUT2D eigenvalue weighted by Gasteiger charge is -2.31. The average Bonchev–Trinajstić information content (AvgIpc) is 2.26. The SMILES string of the molecule is Cc1ccc(Cl)cc1N1CCCC(O)C1=O. The van der Waals surface area contributed by atoms with Crippen LogP contribution < -0.4 is 4.90 Å². The second-order valence-corrected chi connectivity index (χ2v) is 4.52. The van der Waals surface area contributed by atoms with Gasteiger partial charge in [-0.05, 0) is 37.5 Å². The number of benzene rings is 1. The van der Waals surface area contributed by atoms with Gasteiger partial charge in [-0.1, -0.05) is 17.7 Å². The summed E-state index contributed by atoms with van der Waals surface area (Å²) in [5.74, 6) is -0.225. The summed E-state index contributed by atoms with van der Waals surface area (Å²) in [6.07, 6.45) is 0.500. The number of rotatable bonds is 1. The zero-order valence-corrected chi connectivity index (χ0v) is 9.87. The number of carbonyl (C=O) groups is 1. The molecular formula is C12H14ClNO2. The Morgan fingerprint density at radius 3 is 3.00 bits per heavy atom. The molecule has 1 aliphatic heterocycles. The molecule has 0 aliphatic carbocycles. The van der Waals surface area contributed by atoms with E-state index in [0.717, 1.165) is 17.7 Å². The molecule has 0 radical (unpaired) electrons. The molecule has 1 amide bonds. The van der Waals surface area contributed by atoms with E-state index in [1.165, 1.54) is 0 Å². The Kier molecular flexibility index (Phi) is 3.17. The van der Waals surface area contributed by atoms with Crippen molar-refractivity contribution in [2.45, 2.75) is 25.9 Å². The van der Waals surface area contributed by atoms with Crippen LogP contribution in [0.5, 0.6) is 0 Å². The van der Waals surface area contributed by atoms with Gasteiger partial charge in [0.2, 0.25) is 0 Å². The lowest BCUT2D eigenvalue weighted by Crippen LogP contribution is -2.44. The van der Waals surface area contributed by atoms with Crippen molar-refractivity contribution in [1.82, 2.24) is 0 Å². The molecule has 0 bridgehead atoms. The molecule has 0 aromatic heterocycles. The minimum Gasteiger partial charge on any atom is -0.383 e. The zero-order chi connectivity index (χ0) is 11.7. The van der Waals surface area contributed by atoms with Crippen LogP contribution in [0.25, 0.3) is 0 Å². The van der Waals surface area contributed by atoms with Gasteiger partial charge >= 0.3 is 0 Å². The summed E-state index contributed by atoms with van der Waals surface area (Å²) in [4.78, 5) is 13.4. The molecule has 1 fully saturated rings. The molecular weight excluding hydrogens is 226 g/mol. The molecule has 1 aromatic rings. The van der Waals surface area contributed by atoms with Gasteiger partial charge in [0.1, 0.15) is 6.10 Å². The molecule has 2 rings (SSSR count). The van der Waals surface area contributed by atoms with Gasteiger partial charge in [0.25, 0.3) is 5.91 Å². The monoisotopic (exact) mass is 239 g/mol. The summed E-state index contributed by atoms with van der Waals surface area (Å²) in [6.45, 7) is 2.58. The Balaban J connectivity index is 2.35. The highest BCUT2D eigenvalue weighted by Crippen LogP contribution is 2.27. The van der Waals surface area contributed by atoms with E-state index < -0.39 is 6.10 Å². The Morgan fingerprint density at radius 1 is 1.50 bits per heavy atom. The van der Waals surface area contributed by atoms with Crippen LogP contribution in [0.4, 0.5) is 5.69 Å². The Morgan fingerprint density at radius 2 is 2.25 bits per heavy atom. The number of aryl methyl sites for hydroxylation is 1. The van der Waals surface area contributed by atoms with Gasteiger partial charge in [0, 0.05) is 17.3 Å². The number of aliphatic hydroxyl groups excluding tert-OH is 1. The molecule has 1 aromatic carbocycles. The Labute approximate surface area is 99.6 Å². The molecule has 3 nitrogen and oxygen atoms in total. The fourth-order valence-corrected chi connectivity index (χ4v) is 2.14. The van der Waals surface area contributed by atoms with Gasteiger partial charge < -0.3 is 10.0 Å². The maximum atomic E-state index is 11.8. The van der Waals surface area contributed by atoms with Crippen molar-refractivity contribution in [2.75, 3.05) is 11.4 Å². The van der Waals surface area contributed by atoms with E-state index in [1.807, 2.05) is 13.0 Å². The number of aliphatic hydroxyl groups is 1. The predicted molar refractivity (Wildman–Crippen MR) is 63.8 cm³/mol. The van der Waals surface area contributed by atoms with Gasteiger partial charge in [-0.2, -0.15) is 0 Å². The van der Waals surface area contributed by atoms with E-state index in [2.05, 4.69) is 0 Å². The highest BCUT2D eigenvalue weighted by molar-refractivity contribution is 6.31. The van der Waals surface area contributed by atoms with Gasteiger partial charge in [-0.25, -0.2) is 0 Å². The van der Waals surface area contributed by atoms with Crippen molar-refractivity contribution in [3.8, 4) is 0 Å². The molecule has 16 heavy (non-hydrogen) atoms. The highest BCUT2D eigenvalue weighted by atomic mass is 35.5. The van der Waals surface area contributed by atoms with Crippen LogP contribution in [0.3, 0.4) is 0 Å². The molecule has 1 unspecified atom stereocenters. The summed E-state index contributed by atoms with van der Waals surface area (Å²) >= 11 is 5.92. The van der Waals surface area contributed by atoms with E-state index in [1.54, 1.807) is 17.0 Å². The van der Waals surface area contributed by atoms with Crippen LogP contribution in [0.1, 0.15) is 18.4 Å². The van der Waals surface area contributed by atoms with Gasteiger partial charge in [-0.15, -0.1) is 0 Å². The van der Waals surface area contributed by atoms with Crippen molar-refractivity contribution >= 4 is 23.2 Å². The van der Waals surface area contributed by atoms with E-state index in [9.17, 15) is 9.90 Å². The largest absolute Gasteiger partial charge is 0.383 e. The van der Waals surface area contributed by atoms with E-state index in [4.69, 9.17) is 11.6 Å². The fraction of sp³-hybridized carbons (Fsp3) is 0.417. The van der Waals surface area contributed by atoms with Crippen LogP contribution in [0, 0.1) is 6.92 Å². The summed E-state index contributed by atoms with van der Waals surface area (Å²) in [6, 6.07) is 5.45. The predicted octanol–water partition coefficient (Wildman–Crippen LogP) is 2.14. The fourth-order valence-electron chi connectivity index (χ4n) is 1.97. The third kappa shape index (κ3) is 2.06. The lowest BCUT2D eigenvalue weighted by atomic mass is 10.1. The van der Waals surface area contributed by atoms with Crippen molar-refractivity contribution in [1.29, 1.82) is 0 Å². The molecule has 1 N–H and O–H groups in total. The van der Waals surface area contributed by atoms with Crippen molar-refractivity contribution < 1.29 is 9.90 Å². The first kappa shape index (κ1) is 11.4. The average molecular weight is 240 g/mol. The van der Waals surface area contributed by atoms with Crippen LogP contribution in [-0.2, 0) is 4.79 Å². The highest BCUT2D eigenvalue weighted by Gasteiger charge is 2.28. The molecule has 4 heteroatoms. The first-order valence-corrected chi connectivity index (χ1v) is 5.73. The zero-order valence-electron chi connectivity index (χ0n) is 9.11. The summed E-state index contributed by atoms with van der Waals surface area (Å²) in [7, 11) is 0. The maximum absolute atomic E-state index is 11.8. The number of halogens is 1. The third-order valence-electron chi connectivity index (χ3n) is 2.87. The normalized spacial score (nSPS) is 21.3. The van der Waals surface area contributed by atoms with Gasteiger partial charge in [0.15, 0.2) is 0 Å². The number of carbonyl (C=O) groups excluding carboxylic acids is 1. The van der Waals surface area contributed by atoms with Crippen LogP contribution in [0.2, 0.25) is 5.02 Å². The molecule has 86 valence electrons. The number of nitrogens with zero attached hydrogens (tertiary/aromatic N) is 1. The summed E-state index contributed by atoms with van der Waals surface area (Å²) < 4.78 is 0. The van der Waals surface area contributed by atoms with Gasteiger partial charge in [0.05, 0.1) is 0 Å². The standard InChI is InChI=1S/C12H14ClNO2/c1-8-4-5-9(13)7-10(8)14-6-2-3-11(15)12(14)16/h4-5,7,11,15H,2-3,6H2,1H3. The lowest BCUT2D eigenvalue weighted by molar-refractivity contribution is -0.128. The first-order valence-electron chi connectivity index (χ1n) is 5.35. The number of hydrogen-bond donors (Lipinski definition) is 1. The first-order chi connectivity index (χ1) is 7.59. The van der Waals surface area contributed by atoms with Crippen molar-refractivity contribution in [2.24, 2.45) is 0 Å². The van der Waals surface area contributed by atoms with Crippen LogP contribution in [-0.4, -0.2) is 23.7 Å². The summed E-state index contributed by atoms with van der Waals surface area (Å²) in [5, 5.41) is 10.2. The Hall–Kier alpha value is -1.06. The molecule has 1 heterocycles. The Bertz CT molecular complexity index is 419.